The van der Waals surface area contributed by atoms with Gasteiger partial charge in [-0.05, 0) is 30.2 Å². The maximum atomic E-state index is 5.73. The molecule has 3 N–H and O–H groups in total. The number of nitrogens with two attached hydrogens (primary N) is 1. The van der Waals surface area contributed by atoms with Gasteiger partial charge in [-0.3, -0.25) is 0 Å². The molecule has 0 atom stereocenters. The molecule has 1 heterocycles. The lowest BCUT2D eigenvalue weighted by molar-refractivity contribution is 0.126. The van der Waals surface area contributed by atoms with Crippen LogP contribution in [0.3, 0.4) is 0 Å². The minimum atomic E-state index is 0.0958. The van der Waals surface area contributed by atoms with Crippen LogP contribution in [0.25, 0.3) is 0 Å². The number of hydrogen-bond donors (Lipinski definition) is 2. The highest BCUT2D eigenvalue weighted by Crippen LogP contribution is 2.13. The summed E-state index contributed by atoms with van der Waals surface area (Å²) in [7, 11) is 0. The van der Waals surface area contributed by atoms with E-state index in [1.54, 1.807) is 6.21 Å². The summed E-state index contributed by atoms with van der Waals surface area (Å²) in [5.74, 6) is 0.878. The van der Waals surface area contributed by atoms with Crippen LogP contribution in [0.15, 0.2) is 59.8 Å². The van der Waals surface area contributed by atoms with E-state index >= 15 is 0 Å². The molecule has 0 saturated carbocycles. The zero-order valence-electron chi connectivity index (χ0n) is 13.8. The van der Waals surface area contributed by atoms with Crippen molar-refractivity contribution < 1.29 is 4.84 Å². The molecule has 0 aliphatic rings. The number of nitrogens with one attached hydrogen (secondary N) is 1. The lowest BCUT2D eigenvalue weighted by atomic mass is 10.1. The van der Waals surface area contributed by atoms with Crippen molar-refractivity contribution in [3.63, 3.8) is 0 Å². The van der Waals surface area contributed by atoms with Gasteiger partial charge in [-0.15, -0.1) is 0 Å². The molecule has 7 heteroatoms. The number of oxime groups is 1. The summed E-state index contributed by atoms with van der Waals surface area (Å²) in [4.78, 5) is 17.7. The predicted octanol–water partition coefficient (Wildman–Crippen LogP) is 3.06. The second kappa shape index (κ2) is 7.87. The zero-order valence-corrected chi connectivity index (χ0v) is 13.8. The summed E-state index contributed by atoms with van der Waals surface area (Å²) < 4.78 is 0. The summed E-state index contributed by atoms with van der Waals surface area (Å²) in [5.41, 5.74) is 8.70. The molecule has 2 aromatic carbocycles. The highest BCUT2D eigenvalue weighted by Gasteiger charge is 2.05. The van der Waals surface area contributed by atoms with Crippen LogP contribution in [0.4, 0.5) is 17.6 Å². The van der Waals surface area contributed by atoms with Crippen molar-refractivity contribution in [1.29, 1.82) is 0 Å². The van der Waals surface area contributed by atoms with Crippen LogP contribution in [0.5, 0.6) is 0 Å². The second-order valence-electron chi connectivity index (χ2n) is 5.29. The third-order valence-corrected chi connectivity index (χ3v) is 3.38. The molecule has 0 amide bonds. The highest BCUT2D eigenvalue weighted by molar-refractivity contribution is 5.81. The molecule has 3 rings (SSSR count). The molecule has 0 saturated heterocycles. The number of aromatic nitrogens is 3. The maximum Gasteiger partial charge on any atom is 0.232 e. The molecule has 0 fully saturated rings. The van der Waals surface area contributed by atoms with Gasteiger partial charge < -0.3 is 15.9 Å². The van der Waals surface area contributed by atoms with Crippen molar-refractivity contribution in [3.8, 4) is 0 Å². The lowest BCUT2D eigenvalue weighted by Gasteiger charge is -2.06. The van der Waals surface area contributed by atoms with Gasteiger partial charge in [0.1, 0.15) is 0 Å². The fourth-order valence-electron chi connectivity index (χ4n) is 2.13. The molecule has 0 radical (unpaired) electrons. The Morgan fingerprint density at radius 1 is 1.04 bits per heavy atom. The van der Waals surface area contributed by atoms with Crippen molar-refractivity contribution in [2.24, 2.45) is 5.16 Å². The van der Waals surface area contributed by atoms with E-state index in [2.05, 4.69) is 25.4 Å². The Morgan fingerprint density at radius 2 is 1.80 bits per heavy atom. The first kappa shape index (κ1) is 16.4. The maximum absolute atomic E-state index is 5.73. The van der Waals surface area contributed by atoms with Crippen LogP contribution < -0.4 is 11.1 Å². The van der Waals surface area contributed by atoms with Gasteiger partial charge >= 0.3 is 0 Å². The third kappa shape index (κ3) is 4.74. The molecule has 0 aliphatic heterocycles. The summed E-state index contributed by atoms with van der Waals surface area (Å²) in [5, 5.41) is 7.03. The molecule has 126 valence electrons. The molecule has 25 heavy (non-hydrogen) atoms. The Kier molecular flexibility index (Phi) is 5.16. The number of hydrogen-bond acceptors (Lipinski definition) is 7. The Morgan fingerprint density at radius 3 is 2.60 bits per heavy atom. The van der Waals surface area contributed by atoms with Crippen molar-refractivity contribution in [1.82, 2.24) is 15.0 Å². The van der Waals surface area contributed by atoms with E-state index in [1.807, 2.05) is 61.5 Å². The number of nitrogens with zero attached hydrogens (tertiary/aromatic N) is 4. The van der Waals surface area contributed by atoms with Crippen LogP contribution in [-0.2, 0) is 11.4 Å². The number of para-hydroxylation sites is 1. The first-order valence-electron chi connectivity index (χ1n) is 7.74. The number of nitrogen functional groups attached to an aromatic ring is 1. The molecule has 0 aliphatic carbocycles. The van der Waals surface area contributed by atoms with Crippen molar-refractivity contribution >= 4 is 23.8 Å². The van der Waals surface area contributed by atoms with Crippen molar-refractivity contribution in [3.05, 3.63) is 71.5 Å². The standard InChI is InChI=1S/C18H18N6O/c1-13-7-5-6-8-14(13)11-20-25-12-16-22-17(19)24-18(23-16)21-15-9-3-2-4-10-15/h2-11H,12H2,1H3,(H3,19,21,22,23,24)/b20-11-. The van der Waals surface area contributed by atoms with E-state index in [4.69, 9.17) is 10.6 Å². The molecular formula is C18H18N6O. The quantitative estimate of drug-likeness (QED) is 0.531. The van der Waals surface area contributed by atoms with Crippen LogP contribution in [0.1, 0.15) is 17.0 Å². The molecular weight excluding hydrogens is 316 g/mol. The van der Waals surface area contributed by atoms with Crippen molar-refractivity contribution in [2.45, 2.75) is 13.5 Å². The van der Waals surface area contributed by atoms with Gasteiger partial charge in [0, 0.05) is 5.69 Å². The number of benzene rings is 2. The Labute approximate surface area is 145 Å². The average molecular weight is 334 g/mol. The number of anilines is 3. The fraction of sp³-hybridized carbons (Fsp3) is 0.111. The normalized spacial score (nSPS) is 10.8. The van der Waals surface area contributed by atoms with Gasteiger partial charge in [0.2, 0.25) is 11.9 Å². The summed E-state index contributed by atoms with van der Waals surface area (Å²) in [6.07, 6.45) is 1.66. The monoisotopic (exact) mass is 334 g/mol. The van der Waals surface area contributed by atoms with E-state index < -0.39 is 0 Å². The topological polar surface area (TPSA) is 98.3 Å². The molecule has 1 aromatic heterocycles. The van der Waals surface area contributed by atoms with Crippen molar-refractivity contribution in [2.75, 3.05) is 11.1 Å². The van der Waals surface area contributed by atoms with Gasteiger partial charge in [-0.2, -0.15) is 15.0 Å². The highest BCUT2D eigenvalue weighted by atomic mass is 16.6. The van der Waals surface area contributed by atoms with E-state index in [-0.39, 0.29) is 12.6 Å². The Balaban J connectivity index is 1.64. The first-order chi connectivity index (χ1) is 12.2. The van der Waals surface area contributed by atoms with E-state index in [1.165, 1.54) is 0 Å². The minimum absolute atomic E-state index is 0.0958. The second-order valence-corrected chi connectivity index (χ2v) is 5.29. The first-order valence-corrected chi connectivity index (χ1v) is 7.74. The average Bonchev–Trinajstić information content (AvgIpc) is 2.60. The largest absolute Gasteiger partial charge is 0.388 e. The molecule has 0 spiro atoms. The molecule has 3 aromatic rings. The smallest absolute Gasteiger partial charge is 0.232 e. The van der Waals surface area contributed by atoms with E-state index in [0.717, 1.165) is 16.8 Å². The molecule has 7 nitrogen and oxygen atoms in total. The Bertz CT molecular complexity index is 866. The van der Waals surface area contributed by atoms with Crippen LogP contribution >= 0.6 is 0 Å². The third-order valence-electron chi connectivity index (χ3n) is 3.38. The summed E-state index contributed by atoms with van der Waals surface area (Å²) in [6, 6.07) is 17.5. The van der Waals surface area contributed by atoms with Crippen LogP contribution in [0.2, 0.25) is 0 Å². The summed E-state index contributed by atoms with van der Waals surface area (Å²) in [6.45, 7) is 2.11. The molecule has 0 bridgehead atoms. The zero-order chi connectivity index (χ0) is 17.5. The fourth-order valence-corrected chi connectivity index (χ4v) is 2.13. The van der Waals surface area contributed by atoms with Gasteiger partial charge in [0.25, 0.3) is 0 Å². The van der Waals surface area contributed by atoms with Gasteiger partial charge in [-0.25, -0.2) is 0 Å². The predicted molar refractivity (Wildman–Crippen MR) is 97.5 cm³/mol. The van der Waals surface area contributed by atoms with Crippen LogP contribution in [0, 0.1) is 6.92 Å². The molecule has 0 unspecified atom stereocenters. The van der Waals surface area contributed by atoms with E-state index in [9.17, 15) is 0 Å². The summed E-state index contributed by atoms with van der Waals surface area (Å²) >= 11 is 0. The van der Waals surface area contributed by atoms with Gasteiger partial charge in [-0.1, -0.05) is 47.6 Å². The van der Waals surface area contributed by atoms with Gasteiger partial charge in [0.05, 0.1) is 6.21 Å². The lowest BCUT2D eigenvalue weighted by Crippen LogP contribution is -2.07. The van der Waals surface area contributed by atoms with Gasteiger partial charge in [0.15, 0.2) is 12.4 Å². The van der Waals surface area contributed by atoms with E-state index in [0.29, 0.717) is 11.8 Å². The SMILES string of the molecule is Cc1ccccc1/C=N\OCc1nc(N)nc(Nc2ccccc2)n1. The number of rotatable bonds is 6. The minimum Gasteiger partial charge on any atom is -0.388 e. The number of aryl methyl sites for hydroxylation is 1. The Hall–Kier alpha value is -3.48. The van der Waals surface area contributed by atoms with Crippen LogP contribution in [-0.4, -0.2) is 21.2 Å².